The van der Waals surface area contributed by atoms with Gasteiger partial charge in [0.1, 0.15) is 5.75 Å². The molecule has 1 heterocycles. The van der Waals surface area contributed by atoms with E-state index >= 15 is 0 Å². The number of likely N-dealkylation sites (N-methyl/N-ethyl adjacent to an activating group) is 1. The Labute approximate surface area is 165 Å². The van der Waals surface area contributed by atoms with Gasteiger partial charge in [-0.2, -0.15) is 0 Å². The zero-order chi connectivity index (χ0) is 19.1. The highest BCUT2D eigenvalue weighted by molar-refractivity contribution is 6.32. The minimum Gasteiger partial charge on any atom is -0.506 e. The summed E-state index contributed by atoms with van der Waals surface area (Å²) in [4.78, 5) is 14.4. The van der Waals surface area contributed by atoms with E-state index < -0.39 is 0 Å². The molecule has 5 heteroatoms. The Hall–Kier alpha value is -2.04. The lowest BCUT2D eigenvalue weighted by Gasteiger charge is -2.39. The fourth-order valence-corrected chi connectivity index (χ4v) is 4.82. The first-order chi connectivity index (χ1) is 13.0. The van der Waals surface area contributed by atoms with E-state index in [4.69, 9.17) is 11.6 Å². The molecule has 0 fully saturated rings. The first kappa shape index (κ1) is 18.3. The standard InChI is InChI=1S/C22H25ClN2O2/c1-3-21(27)24-18-6-4-5-15-14(18)7-8-19-22(15)16-12-20(26)17(23)11-13(16)9-10-25(19)2/h4-6,11-12,19,22,26H,3,7-10H2,1-2H3,(H,24,27)/t19-,22+/m0/s1. The van der Waals surface area contributed by atoms with E-state index in [0.29, 0.717) is 17.5 Å². The Morgan fingerprint density at radius 2 is 2.11 bits per heavy atom. The number of carbonyl (C=O) groups excluding carboxylic acids is 1. The molecule has 1 aliphatic carbocycles. The molecule has 0 saturated heterocycles. The van der Waals surface area contributed by atoms with Crippen LogP contribution in [0.3, 0.4) is 0 Å². The summed E-state index contributed by atoms with van der Waals surface area (Å²) in [6.45, 7) is 2.83. The van der Waals surface area contributed by atoms with Crippen LogP contribution in [0.5, 0.6) is 5.75 Å². The van der Waals surface area contributed by atoms with E-state index in [1.54, 1.807) is 0 Å². The zero-order valence-electron chi connectivity index (χ0n) is 15.8. The van der Waals surface area contributed by atoms with E-state index in [1.807, 2.05) is 31.2 Å². The van der Waals surface area contributed by atoms with Crippen molar-refractivity contribution in [3.8, 4) is 5.75 Å². The molecule has 2 atom stereocenters. The number of anilines is 1. The van der Waals surface area contributed by atoms with Crippen LogP contribution in [-0.2, 0) is 17.6 Å². The Balaban J connectivity index is 1.87. The lowest BCUT2D eigenvalue weighted by molar-refractivity contribution is -0.115. The van der Waals surface area contributed by atoms with Gasteiger partial charge in [0, 0.05) is 30.6 Å². The molecule has 0 bridgehead atoms. The molecule has 1 amide bonds. The SMILES string of the molecule is CCC(=O)Nc1cccc2c1CC[C@H]1[C@H]2c2cc(O)c(Cl)cc2CCN1C. The van der Waals surface area contributed by atoms with Crippen LogP contribution in [0.4, 0.5) is 5.69 Å². The van der Waals surface area contributed by atoms with Crippen LogP contribution >= 0.6 is 11.6 Å². The molecule has 0 aromatic heterocycles. The number of fused-ring (bicyclic) bond motifs is 5. The maximum atomic E-state index is 12.0. The fraction of sp³-hybridized carbons (Fsp3) is 0.409. The maximum absolute atomic E-state index is 12.0. The summed E-state index contributed by atoms with van der Waals surface area (Å²) in [5, 5.41) is 13.7. The predicted molar refractivity (Wildman–Crippen MR) is 109 cm³/mol. The van der Waals surface area contributed by atoms with Gasteiger partial charge < -0.3 is 15.3 Å². The number of benzene rings is 2. The second-order valence-corrected chi connectivity index (χ2v) is 8.00. The van der Waals surface area contributed by atoms with E-state index in [2.05, 4.69) is 23.3 Å². The average molecular weight is 385 g/mol. The number of amides is 1. The lowest BCUT2D eigenvalue weighted by Crippen LogP contribution is -2.39. The molecule has 0 spiro atoms. The van der Waals surface area contributed by atoms with E-state index in [0.717, 1.165) is 37.1 Å². The van der Waals surface area contributed by atoms with Crippen LogP contribution in [0.15, 0.2) is 30.3 Å². The van der Waals surface area contributed by atoms with Gasteiger partial charge in [0.25, 0.3) is 0 Å². The van der Waals surface area contributed by atoms with Crippen molar-refractivity contribution in [1.29, 1.82) is 0 Å². The Morgan fingerprint density at radius 3 is 2.89 bits per heavy atom. The minimum atomic E-state index is 0.0355. The maximum Gasteiger partial charge on any atom is 0.224 e. The molecular weight excluding hydrogens is 360 g/mol. The van der Waals surface area contributed by atoms with Crippen LogP contribution in [0.2, 0.25) is 5.02 Å². The van der Waals surface area contributed by atoms with Crippen molar-refractivity contribution in [2.75, 3.05) is 18.9 Å². The molecule has 4 nitrogen and oxygen atoms in total. The van der Waals surface area contributed by atoms with Crippen LogP contribution in [0.1, 0.15) is 47.9 Å². The number of nitrogens with zero attached hydrogens (tertiary/aromatic N) is 1. The first-order valence-electron chi connectivity index (χ1n) is 9.62. The molecule has 2 aliphatic rings. The van der Waals surface area contributed by atoms with Crippen molar-refractivity contribution in [3.05, 3.63) is 57.6 Å². The number of nitrogens with one attached hydrogen (secondary N) is 1. The normalized spacial score (nSPS) is 21.6. The second-order valence-electron chi connectivity index (χ2n) is 7.59. The Bertz CT molecular complexity index is 896. The highest BCUT2D eigenvalue weighted by Gasteiger charge is 2.37. The number of phenols is 1. The smallest absolute Gasteiger partial charge is 0.224 e. The van der Waals surface area contributed by atoms with Gasteiger partial charge in [0.2, 0.25) is 5.91 Å². The molecule has 142 valence electrons. The fourth-order valence-electron chi connectivity index (χ4n) is 4.63. The Kier molecular flexibility index (Phi) is 4.87. The molecule has 4 rings (SSSR count). The molecule has 2 N–H and O–H groups in total. The third-order valence-corrected chi connectivity index (χ3v) is 6.36. The van der Waals surface area contributed by atoms with Crippen LogP contribution < -0.4 is 5.32 Å². The van der Waals surface area contributed by atoms with Gasteiger partial charge in [-0.3, -0.25) is 4.79 Å². The average Bonchev–Trinajstić information content (AvgIpc) is 2.80. The Morgan fingerprint density at radius 1 is 1.30 bits per heavy atom. The minimum absolute atomic E-state index is 0.0355. The summed E-state index contributed by atoms with van der Waals surface area (Å²) in [6.07, 6.45) is 3.35. The number of hydrogen-bond donors (Lipinski definition) is 2. The predicted octanol–water partition coefficient (Wildman–Crippen LogP) is 4.33. The molecule has 1 aliphatic heterocycles. The van der Waals surface area contributed by atoms with Crippen molar-refractivity contribution >= 4 is 23.2 Å². The van der Waals surface area contributed by atoms with Crippen molar-refractivity contribution in [2.45, 2.75) is 44.6 Å². The van der Waals surface area contributed by atoms with Gasteiger partial charge in [0.15, 0.2) is 0 Å². The van der Waals surface area contributed by atoms with Gasteiger partial charge in [0.05, 0.1) is 5.02 Å². The summed E-state index contributed by atoms with van der Waals surface area (Å²) < 4.78 is 0. The molecule has 0 saturated carbocycles. The summed E-state index contributed by atoms with van der Waals surface area (Å²) in [5.74, 6) is 0.340. The van der Waals surface area contributed by atoms with Gasteiger partial charge in [-0.05, 0) is 66.8 Å². The van der Waals surface area contributed by atoms with E-state index in [-0.39, 0.29) is 17.6 Å². The summed E-state index contributed by atoms with van der Waals surface area (Å²) >= 11 is 6.20. The highest BCUT2D eigenvalue weighted by Crippen LogP contribution is 2.45. The molecule has 27 heavy (non-hydrogen) atoms. The first-order valence-corrected chi connectivity index (χ1v) is 10.0. The van der Waals surface area contributed by atoms with Crippen LogP contribution in [-0.4, -0.2) is 35.5 Å². The topological polar surface area (TPSA) is 52.6 Å². The van der Waals surface area contributed by atoms with Crippen LogP contribution in [0.25, 0.3) is 0 Å². The number of rotatable bonds is 2. The molecule has 0 unspecified atom stereocenters. The third-order valence-electron chi connectivity index (χ3n) is 6.06. The van der Waals surface area contributed by atoms with E-state index in [1.165, 1.54) is 16.7 Å². The van der Waals surface area contributed by atoms with Gasteiger partial charge in [-0.1, -0.05) is 30.7 Å². The largest absolute Gasteiger partial charge is 0.506 e. The zero-order valence-corrected chi connectivity index (χ0v) is 16.5. The monoisotopic (exact) mass is 384 g/mol. The summed E-state index contributed by atoms with van der Waals surface area (Å²) in [6, 6.07) is 10.3. The van der Waals surface area contributed by atoms with Crippen molar-refractivity contribution in [2.24, 2.45) is 0 Å². The van der Waals surface area contributed by atoms with Gasteiger partial charge >= 0.3 is 0 Å². The lowest BCUT2D eigenvalue weighted by atomic mass is 9.74. The van der Waals surface area contributed by atoms with Crippen molar-refractivity contribution in [1.82, 2.24) is 4.90 Å². The molecule has 0 radical (unpaired) electrons. The highest BCUT2D eigenvalue weighted by atomic mass is 35.5. The quantitative estimate of drug-likeness (QED) is 0.810. The number of hydrogen-bond acceptors (Lipinski definition) is 3. The summed E-state index contributed by atoms with van der Waals surface area (Å²) in [7, 11) is 2.18. The second kappa shape index (κ2) is 7.17. The number of phenolic OH excluding ortho intramolecular Hbond substituents is 1. The number of aromatic hydroxyl groups is 1. The molecule has 2 aromatic carbocycles. The summed E-state index contributed by atoms with van der Waals surface area (Å²) in [5.41, 5.74) is 5.75. The van der Waals surface area contributed by atoms with Gasteiger partial charge in [-0.25, -0.2) is 0 Å². The van der Waals surface area contributed by atoms with Gasteiger partial charge in [-0.15, -0.1) is 0 Å². The third kappa shape index (κ3) is 3.21. The van der Waals surface area contributed by atoms with Crippen LogP contribution in [0, 0.1) is 0 Å². The molecule has 2 aromatic rings. The van der Waals surface area contributed by atoms with Crippen molar-refractivity contribution < 1.29 is 9.90 Å². The number of carbonyl (C=O) groups is 1. The molecular formula is C22H25ClN2O2. The number of halogens is 1. The van der Waals surface area contributed by atoms with E-state index in [9.17, 15) is 9.90 Å². The van der Waals surface area contributed by atoms with Crippen molar-refractivity contribution in [3.63, 3.8) is 0 Å².